The van der Waals surface area contributed by atoms with Crippen molar-refractivity contribution in [2.75, 3.05) is 25.2 Å². The quantitative estimate of drug-likeness (QED) is 0.161. The van der Waals surface area contributed by atoms with Gasteiger partial charge in [-0.2, -0.15) is 0 Å². The van der Waals surface area contributed by atoms with Gasteiger partial charge in [-0.1, -0.05) is 20.3 Å². The molecule has 0 aliphatic carbocycles. The second-order valence-corrected chi connectivity index (χ2v) is 11.6. The Balaban J connectivity index is 2.06. The highest BCUT2D eigenvalue weighted by Crippen LogP contribution is 2.37. The third-order valence-electron chi connectivity index (χ3n) is 5.33. The molecule has 2 aromatic rings. The number of ether oxygens (including phenoxy) is 3. The molecule has 0 radical (unpaired) electrons. The molecule has 4 atom stereocenters. The number of hydrogen-bond acceptors (Lipinski definition) is 10. The molecule has 0 saturated heterocycles. The Morgan fingerprint density at radius 1 is 1.14 bits per heavy atom. The molecule has 0 bridgehead atoms. The van der Waals surface area contributed by atoms with Crippen LogP contribution in [-0.4, -0.2) is 69.2 Å². The van der Waals surface area contributed by atoms with E-state index in [2.05, 4.69) is 25.1 Å². The lowest BCUT2D eigenvalue weighted by Gasteiger charge is -2.26. The topological polar surface area (TPSA) is 173 Å². The van der Waals surface area contributed by atoms with Crippen LogP contribution in [0.1, 0.15) is 54.4 Å². The molecule has 0 saturated carbocycles. The van der Waals surface area contributed by atoms with E-state index < -0.39 is 37.4 Å². The monoisotopic (exact) mass is 541 g/mol. The number of unbranched alkanes of at least 4 members (excludes halogenated alkanes) is 1. The van der Waals surface area contributed by atoms with Crippen molar-refractivity contribution >= 4 is 36.4 Å². The zero-order valence-corrected chi connectivity index (χ0v) is 23.4. The Kier molecular flexibility index (Phi) is 11.9. The van der Waals surface area contributed by atoms with Gasteiger partial charge < -0.3 is 24.5 Å². The summed E-state index contributed by atoms with van der Waals surface area (Å²) in [5.74, 6) is -1.22. The molecule has 0 spiro atoms. The van der Waals surface area contributed by atoms with Gasteiger partial charge in [-0.3, -0.25) is 19.2 Å². The second-order valence-electron chi connectivity index (χ2n) is 9.29. The van der Waals surface area contributed by atoms with Crippen LogP contribution in [0, 0.1) is 5.92 Å². The minimum Gasteiger partial charge on any atom is -0.465 e. The zero-order valence-electron chi connectivity index (χ0n) is 22.5. The first kappa shape index (κ1) is 30.6. The number of nitrogen functional groups attached to an aromatic ring is 1. The summed E-state index contributed by atoms with van der Waals surface area (Å²) < 4.78 is 32.0. The van der Waals surface area contributed by atoms with Crippen LogP contribution in [-0.2, 0) is 34.9 Å². The molecule has 0 amide bonds. The van der Waals surface area contributed by atoms with E-state index in [1.165, 1.54) is 6.33 Å². The van der Waals surface area contributed by atoms with E-state index in [4.69, 9.17) is 19.9 Å². The van der Waals surface area contributed by atoms with Gasteiger partial charge in [0.05, 0.1) is 37.6 Å². The number of rotatable bonds is 16. The van der Waals surface area contributed by atoms with Crippen LogP contribution < -0.4 is 15.9 Å². The van der Waals surface area contributed by atoms with E-state index in [0.29, 0.717) is 17.7 Å². The fourth-order valence-electron chi connectivity index (χ4n) is 3.25. The van der Waals surface area contributed by atoms with Crippen molar-refractivity contribution in [2.45, 2.75) is 79.2 Å². The standard InChI is InChI=1S/C23H40N7O6P/c1-7-8-9-34-23(32)18(6)29-37(33,28-10-16(4)22(31)36-15(2)3)14-35-17(5)11-30-13-27-19-20(24)25-12-26-21(19)30/h12-13,15-18H,7-11,14H2,1-6H3,(H2,24,25,26)(H2,28,29,33)/t16-,17+,18-,37?/m0/s1. The highest BCUT2D eigenvalue weighted by Gasteiger charge is 2.30. The van der Waals surface area contributed by atoms with Crippen LogP contribution >= 0.6 is 7.44 Å². The molecule has 2 aromatic heterocycles. The number of anilines is 1. The van der Waals surface area contributed by atoms with Crippen LogP contribution in [0.3, 0.4) is 0 Å². The number of esters is 2. The normalized spacial score (nSPS) is 15.8. The van der Waals surface area contributed by atoms with Crippen molar-refractivity contribution in [3.05, 3.63) is 12.7 Å². The number of carbonyl (C=O) groups excluding carboxylic acids is 2. The molecule has 0 aliphatic rings. The van der Waals surface area contributed by atoms with Gasteiger partial charge in [-0.15, -0.1) is 0 Å². The fraction of sp³-hybridized carbons (Fsp3) is 0.696. The molecule has 2 rings (SSSR count). The van der Waals surface area contributed by atoms with E-state index >= 15 is 0 Å². The first-order chi connectivity index (χ1) is 17.5. The first-order valence-corrected chi connectivity index (χ1v) is 14.4. The Morgan fingerprint density at radius 2 is 1.86 bits per heavy atom. The first-order valence-electron chi connectivity index (χ1n) is 12.5. The van der Waals surface area contributed by atoms with Crippen molar-refractivity contribution < 1.29 is 28.4 Å². The predicted molar refractivity (Wildman–Crippen MR) is 140 cm³/mol. The van der Waals surface area contributed by atoms with Crippen molar-refractivity contribution in [3.63, 3.8) is 0 Å². The van der Waals surface area contributed by atoms with Gasteiger partial charge in [0, 0.05) is 6.54 Å². The molecular formula is C23H40N7O6P. The average Bonchev–Trinajstić information content (AvgIpc) is 3.25. The molecule has 208 valence electrons. The molecule has 4 N–H and O–H groups in total. The minimum atomic E-state index is -3.50. The molecule has 0 aliphatic heterocycles. The van der Waals surface area contributed by atoms with Crippen molar-refractivity contribution in [3.8, 4) is 0 Å². The third-order valence-corrected chi connectivity index (χ3v) is 7.34. The molecule has 0 aromatic carbocycles. The number of nitrogens with one attached hydrogen (secondary N) is 2. The lowest BCUT2D eigenvalue weighted by Crippen LogP contribution is -2.40. The van der Waals surface area contributed by atoms with Gasteiger partial charge in [-0.05, 0) is 34.1 Å². The third kappa shape index (κ3) is 9.66. The Bertz CT molecular complexity index is 1080. The predicted octanol–water partition coefficient (Wildman–Crippen LogP) is 2.46. The van der Waals surface area contributed by atoms with Crippen LogP contribution in [0.4, 0.5) is 5.82 Å². The lowest BCUT2D eigenvalue weighted by molar-refractivity contribution is -0.151. The van der Waals surface area contributed by atoms with Crippen LogP contribution in [0.5, 0.6) is 0 Å². The van der Waals surface area contributed by atoms with Gasteiger partial charge in [0.2, 0.25) is 7.44 Å². The highest BCUT2D eigenvalue weighted by atomic mass is 31.2. The number of imidazole rings is 1. The SMILES string of the molecule is CCCCOC(=O)[C@H](C)NP(=O)(CO[C@H](C)Cn1cnc2c(N)ncnc21)NC[C@H](C)C(=O)OC(C)C. The van der Waals surface area contributed by atoms with Crippen LogP contribution in [0.25, 0.3) is 11.2 Å². The highest BCUT2D eigenvalue weighted by molar-refractivity contribution is 7.59. The Labute approximate surface area is 217 Å². The summed E-state index contributed by atoms with van der Waals surface area (Å²) >= 11 is 0. The molecule has 13 nitrogen and oxygen atoms in total. The number of nitrogens with two attached hydrogens (primary N) is 1. The molecule has 2 heterocycles. The molecule has 37 heavy (non-hydrogen) atoms. The lowest BCUT2D eigenvalue weighted by atomic mass is 10.2. The van der Waals surface area contributed by atoms with Crippen molar-refractivity contribution in [1.82, 2.24) is 29.7 Å². The number of aromatic nitrogens is 4. The number of carbonyl (C=O) groups is 2. The van der Waals surface area contributed by atoms with Crippen LogP contribution in [0.15, 0.2) is 12.7 Å². The minimum absolute atomic E-state index is 0.0630. The summed E-state index contributed by atoms with van der Waals surface area (Å²) in [5.41, 5.74) is 6.89. The number of hydrogen-bond donors (Lipinski definition) is 3. The van der Waals surface area contributed by atoms with E-state index in [-0.39, 0.29) is 31.4 Å². The second kappa shape index (κ2) is 14.4. The molecule has 0 fully saturated rings. The van der Waals surface area contributed by atoms with Crippen molar-refractivity contribution in [2.24, 2.45) is 5.92 Å². The van der Waals surface area contributed by atoms with Crippen LogP contribution in [0.2, 0.25) is 0 Å². The number of nitrogens with zero attached hydrogens (tertiary/aromatic N) is 4. The van der Waals surface area contributed by atoms with E-state index in [1.54, 1.807) is 38.6 Å². The van der Waals surface area contributed by atoms with Gasteiger partial charge in [-0.25, -0.2) is 20.0 Å². The largest absolute Gasteiger partial charge is 0.465 e. The Hall–Kier alpha value is -2.60. The number of fused-ring (bicyclic) bond motifs is 1. The summed E-state index contributed by atoms with van der Waals surface area (Å²) in [6.45, 7) is 11.3. The summed E-state index contributed by atoms with van der Waals surface area (Å²) in [6, 6.07) is -0.857. The Morgan fingerprint density at radius 3 is 2.54 bits per heavy atom. The summed E-state index contributed by atoms with van der Waals surface area (Å²) in [7, 11) is -3.50. The molecular weight excluding hydrogens is 501 g/mol. The van der Waals surface area contributed by atoms with Gasteiger partial charge >= 0.3 is 11.9 Å². The van der Waals surface area contributed by atoms with Gasteiger partial charge in [0.25, 0.3) is 0 Å². The average molecular weight is 542 g/mol. The van der Waals surface area contributed by atoms with E-state index in [0.717, 1.165) is 12.8 Å². The van der Waals surface area contributed by atoms with E-state index in [1.807, 2.05) is 13.8 Å². The summed E-state index contributed by atoms with van der Waals surface area (Å²) in [5, 5.41) is 5.75. The zero-order chi connectivity index (χ0) is 27.6. The fourth-order valence-corrected chi connectivity index (χ4v) is 5.27. The van der Waals surface area contributed by atoms with Gasteiger partial charge in [0.1, 0.15) is 24.2 Å². The summed E-state index contributed by atoms with van der Waals surface area (Å²) in [4.78, 5) is 37.0. The van der Waals surface area contributed by atoms with E-state index in [9.17, 15) is 14.2 Å². The van der Waals surface area contributed by atoms with Crippen molar-refractivity contribution in [1.29, 1.82) is 0 Å². The van der Waals surface area contributed by atoms with Gasteiger partial charge in [0.15, 0.2) is 11.5 Å². The maximum Gasteiger partial charge on any atom is 0.323 e. The maximum atomic E-state index is 13.8. The molecule has 1 unspecified atom stereocenters. The smallest absolute Gasteiger partial charge is 0.323 e. The maximum absolute atomic E-state index is 13.8. The summed E-state index contributed by atoms with van der Waals surface area (Å²) in [6.07, 6.45) is 3.66. The molecule has 14 heteroatoms.